The van der Waals surface area contributed by atoms with Gasteiger partial charge in [0.2, 0.25) is 0 Å². The van der Waals surface area contributed by atoms with E-state index in [1.54, 1.807) is 0 Å². The average Bonchev–Trinajstić information content (AvgIpc) is 2.55. The maximum absolute atomic E-state index is 12.0. The molecule has 0 bridgehead atoms. The Hall–Kier alpha value is -1.62. The number of aromatic amines is 1. The minimum absolute atomic E-state index is 0.0146. The molecule has 4 N–H and O–H groups in total. The minimum atomic E-state index is -0.334. The second-order valence-electron chi connectivity index (χ2n) is 4.80. The van der Waals surface area contributed by atoms with Crippen LogP contribution in [0.4, 0.5) is 0 Å². The third-order valence-corrected chi connectivity index (χ3v) is 3.45. The van der Waals surface area contributed by atoms with Gasteiger partial charge < -0.3 is 16.0 Å². The van der Waals surface area contributed by atoms with Gasteiger partial charge in [0.05, 0.1) is 0 Å². The zero-order valence-electron chi connectivity index (χ0n) is 10.3. The Morgan fingerprint density at radius 1 is 1.33 bits per heavy atom. The first-order chi connectivity index (χ1) is 8.68. The topological polar surface area (TPSA) is 88.0 Å². The first-order valence-corrected chi connectivity index (χ1v) is 6.42. The molecule has 0 radical (unpaired) electrons. The summed E-state index contributed by atoms with van der Waals surface area (Å²) in [4.78, 5) is 26.3. The monoisotopic (exact) mass is 249 g/mol. The molecule has 0 aromatic carbocycles. The Morgan fingerprint density at radius 3 is 2.89 bits per heavy atom. The zero-order valence-corrected chi connectivity index (χ0v) is 10.3. The average molecular weight is 249 g/mol. The Balaban J connectivity index is 2.06. The molecule has 2 unspecified atom stereocenters. The molecule has 98 valence electrons. The Bertz CT molecular complexity index is 469. The highest BCUT2D eigenvalue weighted by molar-refractivity contribution is 5.93. The van der Waals surface area contributed by atoms with Gasteiger partial charge in [0.25, 0.3) is 5.91 Å². The normalized spacial score (nSPS) is 24.3. The van der Waals surface area contributed by atoms with Crippen molar-refractivity contribution in [3.05, 3.63) is 34.2 Å². The molecule has 2 rings (SSSR count). The number of nitrogens with two attached hydrogens (primary N) is 1. The van der Waals surface area contributed by atoms with Gasteiger partial charge in [0.15, 0.2) is 5.43 Å². The SMILES string of the molecule is NC1CCCCCC1NC(=O)c1c[nH]ccc1=O. The van der Waals surface area contributed by atoms with Gasteiger partial charge in [-0.25, -0.2) is 0 Å². The zero-order chi connectivity index (χ0) is 13.0. The highest BCUT2D eigenvalue weighted by atomic mass is 16.2. The fourth-order valence-corrected chi connectivity index (χ4v) is 2.36. The first-order valence-electron chi connectivity index (χ1n) is 6.42. The second kappa shape index (κ2) is 5.82. The van der Waals surface area contributed by atoms with Crippen LogP contribution in [0.25, 0.3) is 0 Å². The minimum Gasteiger partial charge on any atom is -0.367 e. The summed E-state index contributed by atoms with van der Waals surface area (Å²) >= 11 is 0. The summed E-state index contributed by atoms with van der Waals surface area (Å²) < 4.78 is 0. The van der Waals surface area contributed by atoms with Crippen molar-refractivity contribution < 1.29 is 4.79 Å². The van der Waals surface area contributed by atoms with E-state index < -0.39 is 0 Å². The summed E-state index contributed by atoms with van der Waals surface area (Å²) in [6, 6.07) is 1.31. The number of amides is 1. The highest BCUT2D eigenvalue weighted by Gasteiger charge is 2.23. The molecule has 1 aliphatic carbocycles. The Kier molecular flexibility index (Phi) is 4.15. The van der Waals surface area contributed by atoms with E-state index in [9.17, 15) is 9.59 Å². The third kappa shape index (κ3) is 2.98. The molecule has 1 heterocycles. The number of carbonyl (C=O) groups excluding carboxylic acids is 1. The van der Waals surface area contributed by atoms with Crippen LogP contribution < -0.4 is 16.5 Å². The number of hydrogen-bond acceptors (Lipinski definition) is 3. The number of H-pyrrole nitrogens is 1. The van der Waals surface area contributed by atoms with Crippen LogP contribution in [0.3, 0.4) is 0 Å². The molecule has 0 saturated heterocycles. The molecule has 1 aliphatic rings. The molecule has 0 spiro atoms. The van der Waals surface area contributed by atoms with Gasteiger partial charge in [-0.1, -0.05) is 19.3 Å². The van der Waals surface area contributed by atoms with Gasteiger partial charge in [-0.2, -0.15) is 0 Å². The van der Waals surface area contributed by atoms with Gasteiger partial charge in [0, 0.05) is 30.5 Å². The van der Waals surface area contributed by atoms with E-state index in [1.807, 2.05) is 0 Å². The van der Waals surface area contributed by atoms with Crippen molar-refractivity contribution in [2.24, 2.45) is 5.73 Å². The van der Waals surface area contributed by atoms with E-state index in [2.05, 4.69) is 10.3 Å². The van der Waals surface area contributed by atoms with Crippen LogP contribution in [0.5, 0.6) is 0 Å². The summed E-state index contributed by atoms with van der Waals surface area (Å²) in [5.74, 6) is -0.334. The van der Waals surface area contributed by atoms with Crippen LogP contribution in [0, 0.1) is 0 Å². The standard InChI is InChI=1S/C13H19N3O2/c14-10-4-2-1-3-5-11(10)16-13(18)9-8-15-7-6-12(9)17/h6-8,10-11H,1-5,14H2,(H,15,17)(H,16,18). The highest BCUT2D eigenvalue weighted by Crippen LogP contribution is 2.16. The fourth-order valence-electron chi connectivity index (χ4n) is 2.36. The number of nitrogens with one attached hydrogen (secondary N) is 2. The summed E-state index contributed by atoms with van der Waals surface area (Å²) in [7, 11) is 0. The fraction of sp³-hybridized carbons (Fsp3) is 0.538. The van der Waals surface area contributed by atoms with Crippen LogP contribution in [0.15, 0.2) is 23.3 Å². The van der Waals surface area contributed by atoms with Crippen molar-refractivity contribution in [2.75, 3.05) is 0 Å². The summed E-state index contributed by atoms with van der Waals surface area (Å²) in [6.45, 7) is 0. The van der Waals surface area contributed by atoms with Crippen LogP contribution in [0.1, 0.15) is 42.5 Å². The predicted octanol–water partition coefficient (Wildman–Crippen LogP) is 0.765. The van der Waals surface area contributed by atoms with E-state index in [1.165, 1.54) is 18.5 Å². The molecule has 5 heteroatoms. The molecular formula is C13H19N3O2. The molecular weight excluding hydrogens is 230 g/mol. The number of aromatic nitrogens is 1. The lowest BCUT2D eigenvalue weighted by Gasteiger charge is -2.22. The molecule has 0 aliphatic heterocycles. The summed E-state index contributed by atoms with van der Waals surface area (Å²) in [6.07, 6.45) is 8.10. The maximum atomic E-state index is 12.0. The third-order valence-electron chi connectivity index (χ3n) is 3.45. The predicted molar refractivity (Wildman–Crippen MR) is 69.4 cm³/mol. The molecule has 1 saturated carbocycles. The number of carbonyl (C=O) groups is 1. The molecule has 1 aromatic rings. The van der Waals surface area contributed by atoms with Gasteiger partial charge >= 0.3 is 0 Å². The van der Waals surface area contributed by atoms with Crippen molar-refractivity contribution in [1.29, 1.82) is 0 Å². The van der Waals surface area contributed by atoms with E-state index in [-0.39, 0.29) is 29.0 Å². The van der Waals surface area contributed by atoms with E-state index in [0.29, 0.717) is 0 Å². The molecule has 2 atom stereocenters. The largest absolute Gasteiger partial charge is 0.367 e. The summed E-state index contributed by atoms with van der Waals surface area (Å²) in [5, 5.41) is 2.88. The lowest BCUT2D eigenvalue weighted by atomic mass is 10.0. The second-order valence-corrected chi connectivity index (χ2v) is 4.80. The Labute approximate surface area is 106 Å². The van der Waals surface area contributed by atoms with Gasteiger partial charge in [-0.15, -0.1) is 0 Å². The molecule has 1 amide bonds. The van der Waals surface area contributed by atoms with Crippen molar-refractivity contribution in [2.45, 2.75) is 44.2 Å². The van der Waals surface area contributed by atoms with E-state index >= 15 is 0 Å². The smallest absolute Gasteiger partial charge is 0.257 e. The van der Waals surface area contributed by atoms with Crippen molar-refractivity contribution in [1.82, 2.24) is 10.3 Å². The summed E-state index contributed by atoms with van der Waals surface area (Å²) in [5.41, 5.74) is 5.92. The number of rotatable bonds is 2. The molecule has 1 fully saturated rings. The lowest BCUT2D eigenvalue weighted by Crippen LogP contribution is -2.47. The van der Waals surface area contributed by atoms with Gasteiger partial charge in [-0.05, 0) is 12.8 Å². The van der Waals surface area contributed by atoms with E-state index in [4.69, 9.17) is 5.73 Å². The molecule has 18 heavy (non-hydrogen) atoms. The van der Waals surface area contributed by atoms with Crippen molar-refractivity contribution in [3.8, 4) is 0 Å². The quantitative estimate of drug-likeness (QED) is 0.676. The van der Waals surface area contributed by atoms with Crippen LogP contribution >= 0.6 is 0 Å². The van der Waals surface area contributed by atoms with Crippen molar-refractivity contribution >= 4 is 5.91 Å². The Morgan fingerprint density at radius 2 is 2.11 bits per heavy atom. The van der Waals surface area contributed by atoms with Crippen LogP contribution in [0.2, 0.25) is 0 Å². The maximum Gasteiger partial charge on any atom is 0.257 e. The van der Waals surface area contributed by atoms with E-state index in [0.717, 1.165) is 32.1 Å². The van der Waals surface area contributed by atoms with Crippen LogP contribution in [-0.4, -0.2) is 23.0 Å². The van der Waals surface area contributed by atoms with Gasteiger partial charge in [-0.3, -0.25) is 9.59 Å². The molecule has 1 aromatic heterocycles. The lowest BCUT2D eigenvalue weighted by molar-refractivity contribution is 0.0927. The molecule has 5 nitrogen and oxygen atoms in total. The number of pyridine rings is 1. The number of hydrogen-bond donors (Lipinski definition) is 3. The van der Waals surface area contributed by atoms with Gasteiger partial charge in [0.1, 0.15) is 5.56 Å². The van der Waals surface area contributed by atoms with Crippen LogP contribution in [-0.2, 0) is 0 Å². The van der Waals surface area contributed by atoms with Crippen molar-refractivity contribution in [3.63, 3.8) is 0 Å². The first kappa shape index (κ1) is 12.8.